The smallest absolute Gasteiger partial charge is 0.267 e. The predicted molar refractivity (Wildman–Crippen MR) is 127 cm³/mol. The number of hydrogen-bond acceptors (Lipinski definition) is 6. The number of carbonyl (C=O) groups is 1. The Morgan fingerprint density at radius 2 is 1.83 bits per heavy atom. The Bertz CT molecular complexity index is 1390. The highest BCUT2D eigenvalue weighted by molar-refractivity contribution is 5.98. The van der Waals surface area contributed by atoms with Crippen molar-refractivity contribution in [1.29, 1.82) is 0 Å². The Morgan fingerprint density at radius 1 is 1.11 bits per heavy atom. The van der Waals surface area contributed by atoms with Crippen LogP contribution in [0, 0.1) is 0 Å². The molecular weight excluding hydrogens is 454 g/mol. The minimum Gasteiger partial charge on any atom is -0.457 e. The Hall–Kier alpha value is -4.34. The molecule has 1 fully saturated rings. The lowest BCUT2D eigenvalue weighted by Crippen LogP contribution is -2.49. The maximum Gasteiger partial charge on any atom is 0.267 e. The number of nitrogens with zero attached hydrogens (tertiary/aromatic N) is 5. The summed E-state index contributed by atoms with van der Waals surface area (Å²) in [5, 5.41) is 5.10. The molecule has 0 radical (unpaired) electrons. The van der Waals surface area contributed by atoms with Gasteiger partial charge in [0.15, 0.2) is 5.65 Å². The Morgan fingerprint density at radius 3 is 2.54 bits per heavy atom. The van der Waals surface area contributed by atoms with Gasteiger partial charge in [-0.05, 0) is 42.5 Å². The van der Waals surface area contributed by atoms with Gasteiger partial charge in [-0.15, -0.1) is 0 Å². The molecule has 2 N–H and O–H groups in total. The normalized spacial score (nSPS) is 17.3. The van der Waals surface area contributed by atoms with Crippen LogP contribution in [0.25, 0.3) is 22.3 Å². The fourth-order valence-electron chi connectivity index (χ4n) is 4.29. The molecule has 1 aliphatic heterocycles. The number of anilines is 1. The lowest BCUT2D eigenvalue weighted by Gasteiger charge is -2.37. The highest BCUT2D eigenvalue weighted by atomic mass is 19.3. The van der Waals surface area contributed by atoms with E-state index in [1.165, 1.54) is 11.0 Å². The average molecular weight is 476 g/mol. The standard InChI is InChI=1S/C25H22F2N6O2/c1-2-20(34)32-13-17(12-25(26,27)14-32)33-24-21(23(28)29-15-30-24)22(31-33)16-8-10-19(11-9-16)35-18-6-4-3-5-7-18/h2-11,15,17H,1,12-14H2,(H2,28,29,30). The van der Waals surface area contributed by atoms with Crippen molar-refractivity contribution in [3.63, 3.8) is 0 Å². The Balaban J connectivity index is 1.53. The molecule has 0 saturated carbocycles. The third-order valence-electron chi connectivity index (χ3n) is 5.84. The molecule has 178 valence electrons. The van der Waals surface area contributed by atoms with E-state index in [4.69, 9.17) is 10.5 Å². The van der Waals surface area contributed by atoms with Gasteiger partial charge in [0, 0.05) is 18.5 Å². The number of likely N-dealkylation sites (tertiary alicyclic amines) is 1. The monoisotopic (exact) mass is 476 g/mol. The lowest BCUT2D eigenvalue weighted by molar-refractivity contribution is -0.140. The second kappa shape index (κ2) is 8.79. The number of amides is 1. The summed E-state index contributed by atoms with van der Waals surface area (Å²) in [7, 11) is 0. The molecule has 3 heterocycles. The molecule has 2 aromatic heterocycles. The van der Waals surface area contributed by atoms with Crippen LogP contribution < -0.4 is 10.5 Å². The maximum atomic E-state index is 14.6. The molecule has 5 rings (SSSR count). The van der Waals surface area contributed by atoms with Crippen molar-refractivity contribution in [2.45, 2.75) is 18.4 Å². The highest BCUT2D eigenvalue weighted by Gasteiger charge is 2.43. The van der Waals surface area contributed by atoms with Crippen molar-refractivity contribution >= 4 is 22.8 Å². The minimum atomic E-state index is -3.09. The van der Waals surface area contributed by atoms with Crippen molar-refractivity contribution in [2.24, 2.45) is 0 Å². The van der Waals surface area contributed by atoms with E-state index >= 15 is 0 Å². The van der Waals surface area contributed by atoms with E-state index in [0.29, 0.717) is 33.8 Å². The number of piperidine rings is 1. The summed E-state index contributed by atoms with van der Waals surface area (Å²) in [6.45, 7) is 2.79. The van der Waals surface area contributed by atoms with Gasteiger partial charge < -0.3 is 15.4 Å². The lowest BCUT2D eigenvalue weighted by atomic mass is 10.0. The number of para-hydroxylation sites is 1. The van der Waals surface area contributed by atoms with E-state index in [2.05, 4.69) is 21.6 Å². The molecule has 8 nitrogen and oxygen atoms in total. The number of nitrogen functional groups attached to an aromatic ring is 1. The summed E-state index contributed by atoms with van der Waals surface area (Å²) in [6, 6.07) is 15.7. The number of rotatable bonds is 5. The summed E-state index contributed by atoms with van der Waals surface area (Å²) in [6.07, 6.45) is 1.81. The van der Waals surface area contributed by atoms with Crippen LogP contribution in [-0.2, 0) is 4.79 Å². The number of aromatic nitrogens is 4. The van der Waals surface area contributed by atoms with Crippen LogP contribution in [0.5, 0.6) is 11.5 Å². The molecular formula is C25H22F2N6O2. The first kappa shape index (κ1) is 22.5. The number of benzene rings is 2. The molecule has 35 heavy (non-hydrogen) atoms. The van der Waals surface area contributed by atoms with Gasteiger partial charge in [-0.3, -0.25) is 4.79 Å². The fourth-order valence-corrected chi connectivity index (χ4v) is 4.29. The molecule has 4 aromatic rings. The number of fused-ring (bicyclic) bond motifs is 1. The molecule has 1 amide bonds. The quantitative estimate of drug-likeness (QED) is 0.427. The van der Waals surface area contributed by atoms with Gasteiger partial charge in [-0.2, -0.15) is 5.10 Å². The molecule has 10 heteroatoms. The molecule has 2 aromatic carbocycles. The van der Waals surface area contributed by atoms with E-state index in [1.54, 1.807) is 24.3 Å². The Kier molecular flexibility index (Phi) is 5.64. The van der Waals surface area contributed by atoms with E-state index in [-0.39, 0.29) is 12.4 Å². The summed E-state index contributed by atoms with van der Waals surface area (Å²) >= 11 is 0. The average Bonchev–Trinajstić information content (AvgIpc) is 3.25. The van der Waals surface area contributed by atoms with Gasteiger partial charge in [0.2, 0.25) is 5.91 Å². The SMILES string of the molecule is C=CC(=O)N1CC(n2nc(-c3ccc(Oc4ccccc4)cc3)c3c(N)ncnc32)CC(F)(F)C1. The molecule has 0 bridgehead atoms. The maximum absolute atomic E-state index is 14.6. The third kappa shape index (κ3) is 4.42. The summed E-state index contributed by atoms with van der Waals surface area (Å²) in [5.74, 6) is -2.14. The van der Waals surface area contributed by atoms with E-state index in [1.807, 2.05) is 30.3 Å². The van der Waals surface area contributed by atoms with Gasteiger partial charge >= 0.3 is 0 Å². The number of alkyl halides is 2. The Labute approximate surface area is 199 Å². The third-order valence-corrected chi connectivity index (χ3v) is 5.84. The van der Waals surface area contributed by atoms with E-state index in [0.717, 1.165) is 11.0 Å². The first-order valence-corrected chi connectivity index (χ1v) is 11.0. The van der Waals surface area contributed by atoms with Crippen LogP contribution in [-0.4, -0.2) is 49.6 Å². The first-order chi connectivity index (χ1) is 16.8. The molecule has 1 aliphatic rings. The zero-order chi connectivity index (χ0) is 24.6. The zero-order valence-corrected chi connectivity index (χ0v) is 18.6. The largest absolute Gasteiger partial charge is 0.457 e. The summed E-state index contributed by atoms with van der Waals surface area (Å²) in [5.41, 5.74) is 7.64. The second-order valence-electron chi connectivity index (χ2n) is 8.33. The topological polar surface area (TPSA) is 99.2 Å². The molecule has 1 unspecified atom stereocenters. The predicted octanol–water partition coefficient (Wildman–Crippen LogP) is 4.46. The number of hydrogen-bond donors (Lipinski definition) is 1. The van der Waals surface area contributed by atoms with Gasteiger partial charge in [-0.1, -0.05) is 24.8 Å². The number of carbonyl (C=O) groups excluding carboxylic acids is 1. The number of halogens is 2. The minimum absolute atomic E-state index is 0.0461. The van der Waals surface area contributed by atoms with E-state index in [9.17, 15) is 13.6 Å². The van der Waals surface area contributed by atoms with Gasteiger partial charge in [0.1, 0.15) is 29.3 Å². The van der Waals surface area contributed by atoms with Crippen LogP contribution >= 0.6 is 0 Å². The van der Waals surface area contributed by atoms with Crippen molar-refractivity contribution in [2.75, 3.05) is 18.8 Å². The van der Waals surface area contributed by atoms with Crippen molar-refractivity contribution in [3.05, 3.63) is 73.6 Å². The molecule has 0 aliphatic carbocycles. The van der Waals surface area contributed by atoms with E-state index < -0.39 is 30.8 Å². The van der Waals surface area contributed by atoms with Gasteiger partial charge in [0.05, 0.1) is 18.0 Å². The summed E-state index contributed by atoms with van der Waals surface area (Å²) in [4.78, 5) is 21.6. The van der Waals surface area contributed by atoms with Crippen molar-refractivity contribution in [1.82, 2.24) is 24.6 Å². The van der Waals surface area contributed by atoms with Gasteiger partial charge in [0.25, 0.3) is 5.92 Å². The molecule has 1 saturated heterocycles. The fraction of sp³-hybridized carbons (Fsp3) is 0.200. The molecule has 1 atom stereocenters. The number of ether oxygens (including phenoxy) is 1. The van der Waals surface area contributed by atoms with Crippen LogP contribution in [0.1, 0.15) is 12.5 Å². The zero-order valence-electron chi connectivity index (χ0n) is 18.6. The van der Waals surface area contributed by atoms with Crippen LogP contribution in [0.15, 0.2) is 73.6 Å². The summed E-state index contributed by atoms with van der Waals surface area (Å²) < 4.78 is 36.4. The van der Waals surface area contributed by atoms with Crippen molar-refractivity contribution < 1.29 is 18.3 Å². The second-order valence-corrected chi connectivity index (χ2v) is 8.33. The van der Waals surface area contributed by atoms with Crippen LogP contribution in [0.4, 0.5) is 14.6 Å². The first-order valence-electron chi connectivity index (χ1n) is 11.0. The molecule has 0 spiro atoms. The van der Waals surface area contributed by atoms with Gasteiger partial charge in [-0.25, -0.2) is 23.4 Å². The van der Waals surface area contributed by atoms with Crippen LogP contribution in [0.2, 0.25) is 0 Å². The van der Waals surface area contributed by atoms with Crippen LogP contribution in [0.3, 0.4) is 0 Å². The number of nitrogens with two attached hydrogens (primary N) is 1. The highest BCUT2D eigenvalue weighted by Crippen LogP contribution is 2.38. The van der Waals surface area contributed by atoms with Crippen molar-refractivity contribution in [3.8, 4) is 22.8 Å².